The fourth-order valence-corrected chi connectivity index (χ4v) is 2.20. The maximum Gasteiger partial charge on any atom is 0.243 e. The van der Waals surface area contributed by atoms with Gasteiger partial charge in [0.05, 0.1) is 13.2 Å². The molecule has 9 heteroatoms. The zero-order valence-electron chi connectivity index (χ0n) is 14.3. The number of morpholine rings is 1. The third-order valence-electron chi connectivity index (χ3n) is 3.29. The minimum atomic E-state index is -0.000791. The van der Waals surface area contributed by atoms with Crippen LogP contribution < -0.4 is 10.6 Å². The van der Waals surface area contributed by atoms with E-state index in [9.17, 15) is 4.79 Å². The highest BCUT2D eigenvalue weighted by molar-refractivity contribution is 14.0. The third kappa shape index (κ3) is 11.0. The quantitative estimate of drug-likeness (QED) is 0.229. The molecule has 0 radical (unpaired) electrons. The smallest absolute Gasteiger partial charge is 0.243 e. The largest absolute Gasteiger partial charge is 0.379 e. The van der Waals surface area contributed by atoms with Gasteiger partial charge in [-0.05, 0) is 6.26 Å². The van der Waals surface area contributed by atoms with Crippen molar-refractivity contribution in [2.75, 3.05) is 78.6 Å². The summed E-state index contributed by atoms with van der Waals surface area (Å²) in [6.45, 7) is 6.34. The number of carbonyl (C=O) groups is 1. The van der Waals surface area contributed by atoms with Crippen molar-refractivity contribution >= 4 is 47.6 Å². The Bertz CT molecular complexity index is 352. The van der Waals surface area contributed by atoms with E-state index in [1.54, 1.807) is 30.8 Å². The van der Waals surface area contributed by atoms with E-state index < -0.39 is 0 Å². The van der Waals surface area contributed by atoms with Gasteiger partial charge in [-0.25, -0.2) is 4.99 Å². The lowest BCUT2D eigenvalue weighted by Gasteiger charge is -2.26. The number of thioether (sulfide) groups is 1. The highest BCUT2D eigenvalue weighted by Crippen LogP contribution is 1.94. The first-order valence-corrected chi connectivity index (χ1v) is 9.04. The van der Waals surface area contributed by atoms with Crippen LogP contribution in [-0.4, -0.2) is 100 Å². The topological polar surface area (TPSA) is 69.2 Å². The molecule has 1 saturated heterocycles. The normalized spacial score (nSPS) is 15.7. The lowest BCUT2D eigenvalue weighted by Crippen LogP contribution is -2.45. The molecule has 0 aromatic carbocycles. The molecular formula is C14H30IN5O2S. The summed E-state index contributed by atoms with van der Waals surface area (Å²) in [5.41, 5.74) is 0. The minimum absolute atomic E-state index is 0. The molecular weight excluding hydrogens is 429 g/mol. The van der Waals surface area contributed by atoms with Crippen molar-refractivity contribution in [2.45, 2.75) is 0 Å². The van der Waals surface area contributed by atoms with Crippen molar-refractivity contribution in [1.29, 1.82) is 0 Å². The first kappa shape index (κ1) is 22.7. The Morgan fingerprint density at radius 2 is 1.91 bits per heavy atom. The van der Waals surface area contributed by atoms with Crippen molar-refractivity contribution < 1.29 is 9.53 Å². The molecule has 2 N–H and O–H groups in total. The number of carbonyl (C=O) groups excluding carboxylic acids is 1. The molecule has 7 nitrogen and oxygen atoms in total. The number of amides is 1. The second-order valence-corrected chi connectivity index (χ2v) is 6.24. The molecule has 1 heterocycles. The molecule has 1 aliphatic rings. The van der Waals surface area contributed by atoms with Crippen LogP contribution in [0.5, 0.6) is 0 Å². The molecule has 0 bridgehead atoms. The molecule has 0 saturated carbocycles. The number of nitrogens with zero attached hydrogens (tertiary/aromatic N) is 3. The van der Waals surface area contributed by atoms with Crippen LogP contribution >= 0.6 is 35.7 Å². The van der Waals surface area contributed by atoms with Crippen LogP contribution in [0, 0.1) is 0 Å². The number of aliphatic imine (C=N–C) groups is 1. The Hall–Kier alpha value is -0.260. The SMILES string of the molecule is CSCCNC(=NCC(=O)N(C)C)NCCN1CCOCC1.I. The van der Waals surface area contributed by atoms with Crippen molar-refractivity contribution in [3.05, 3.63) is 0 Å². The van der Waals surface area contributed by atoms with Gasteiger partial charge in [0.1, 0.15) is 6.54 Å². The Labute approximate surface area is 161 Å². The van der Waals surface area contributed by atoms with E-state index in [-0.39, 0.29) is 36.4 Å². The monoisotopic (exact) mass is 459 g/mol. The predicted octanol–water partition coefficient (Wildman–Crippen LogP) is -0.0770. The van der Waals surface area contributed by atoms with Gasteiger partial charge in [0.2, 0.25) is 5.91 Å². The van der Waals surface area contributed by atoms with Gasteiger partial charge in [-0.1, -0.05) is 0 Å². The van der Waals surface area contributed by atoms with Gasteiger partial charge in [0.25, 0.3) is 0 Å². The second-order valence-electron chi connectivity index (χ2n) is 5.25. The summed E-state index contributed by atoms with van der Waals surface area (Å²) in [6, 6.07) is 0. The molecule has 0 aromatic heterocycles. The second kappa shape index (κ2) is 14.1. The number of ether oxygens (including phenoxy) is 1. The molecule has 1 amide bonds. The lowest BCUT2D eigenvalue weighted by molar-refractivity contribution is -0.127. The molecule has 1 rings (SSSR count). The summed E-state index contributed by atoms with van der Waals surface area (Å²) in [7, 11) is 3.48. The molecule has 1 fully saturated rings. The maximum absolute atomic E-state index is 11.6. The summed E-state index contributed by atoms with van der Waals surface area (Å²) in [5, 5.41) is 6.55. The van der Waals surface area contributed by atoms with Gasteiger partial charge in [0, 0.05) is 52.6 Å². The van der Waals surface area contributed by atoms with Crippen LogP contribution in [0.4, 0.5) is 0 Å². The van der Waals surface area contributed by atoms with Gasteiger partial charge >= 0.3 is 0 Å². The van der Waals surface area contributed by atoms with Crippen LogP contribution in [0.2, 0.25) is 0 Å². The highest BCUT2D eigenvalue weighted by Gasteiger charge is 2.10. The number of hydrogen-bond donors (Lipinski definition) is 2. The Balaban J connectivity index is 0.00000484. The number of halogens is 1. The molecule has 0 atom stereocenters. The molecule has 1 aliphatic heterocycles. The van der Waals surface area contributed by atoms with Gasteiger partial charge in [0.15, 0.2) is 5.96 Å². The predicted molar refractivity (Wildman–Crippen MR) is 108 cm³/mol. The fourth-order valence-electron chi connectivity index (χ4n) is 1.89. The zero-order valence-corrected chi connectivity index (χ0v) is 17.5. The number of likely N-dealkylation sites (N-methyl/N-ethyl adjacent to an activating group) is 1. The van der Waals surface area contributed by atoms with Gasteiger partial charge in [-0.15, -0.1) is 24.0 Å². The number of nitrogens with one attached hydrogen (secondary N) is 2. The Kier molecular flexibility index (Phi) is 14.0. The lowest BCUT2D eigenvalue weighted by atomic mass is 10.4. The first-order valence-electron chi connectivity index (χ1n) is 7.65. The Morgan fingerprint density at radius 1 is 1.26 bits per heavy atom. The molecule has 0 unspecified atom stereocenters. The Morgan fingerprint density at radius 3 is 2.52 bits per heavy atom. The van der Waals surface area contributed by atoms with E-state index in [0.717, 1.165) is 51.7 Å². The van der Waals surface area contributed by atoms with E-state index in [4.69, 9.17) is 4.74 Å². The van der Waals surface area contributed by atoms with E-state index >= 15 is 0 Å². The van der Waals surface area contributed by atoms with Gasteiger partial charge in [-0.3, -0.25) is 9.69 Å². The number of hydrogen-bond acceptors (Lipinski definition) is 5. The van der Waals surface area contributed by atoms with E-state index in [2.05, 4.69) is 26.8 Å². The summed E-state index contributed by atoms with van der Waals surface area (Å²) in [4.78, 5) is 19.9. The molecule has 0 spiro atoms. The maximum atomic E-state index is 11.6. The standard InChI is InChI=1S/C14H29N5O2S.HI/c1-18(2)13(20)12-17-14(16-5-11-22-3)15-4-6-19-7-9-21-10-8-19;/h4-12H2,1-3H3,(H2,15,16,17);1H. The van der Waals surface area contributed by atoms with Gasteiger partial charge < -0.3 is 20.3 Å². The highest BCUT2D eigenvalue weighted by atomic mass is 127. The van der Waals surface area contributed by atoms with E-state index in [1.807, 2.05) is 0 Å². The minimum Gasteiger partial charge on any atom is -0.379 e. The summed E-state index contributed by atoms with van der Waals surface area (Å²) in [6.07, 6.45) is 2.07. The van der Waals surface area contributed by atoms with Crippen LogP contribution in [-0.2, 0) is 9.53 Å². The van der Waals surface area contributed by atoms with Gasteiger partial charge in [-0.2, -0.15) is 11.8 Å². The van der Waals surface area contributed by atoms with Crippen LogP contribution in [0.15, 0.2) is 4.99 Å². The van der Waals surface area contributed by atoms with E-state index in [0.29, 0.717) is 5.96 Å². The fraction of sp³-hybridized carbons (Fsp3) is 0.857. The number of guanidine groups is 1. The van der Waals surface area contributed by atoms with Crippen molar-refractivity contribution in [3.63, 3.8) is 0 Å². The number of rotatable bonds is 8. The van der Waals surface area contributed by atoms with Crippen molar-refractivity contribution in [2.24, 2.45) is 4.99 Å². The van der Waals surface area contributed by atoms with Crippen molar-refractivity contribution in [3.8, 4) is 0 Å². The average molecular weight is 459 g/mol. The summed E-state index contributed by atoms with van der Waals surface area (Å²) >= 11 is 1.78. The third-order valence-corrected chi connectivity index (χ3v) is 3.91. The molecule has 23 heavy (non-hydrogen) atoms. The van der Waals surface area contributed by atoms with Crippen LogP contribution in [0.25, 0.3) is 0 Å². The zero-order chi connectivity index (χ0) is 16.2. The van der Waals surface area contributed by atoms with E-state index in [1.165, 1.54) is 0 Å². The van der Waals surface area contributed by atoms with Crippen LogP contribution in [0.1, 0.15) is 0 Å². The van der Waals surface area contributed by atoms with Crippen LogP contribution in [0.3, 0.4) is 0 Å². The molecule has 0 aliphatic carbocycles. The summed E-state index contributed by atoms with van der Waals surface area (Å²) in [5.74, 6) is 1.71. The molecule has 136 valence electrons. The average Bonchev–Trinajstić information content (AvgIpc) is 2.52. The summed E-state index contributed by atoms with van der Waals surface area (Å²) < 4.78 is 5.34. The van der Waals surface area contributed by atoms with Crippen molar-refractivity contribution in [1.82, 2.24) is 20.4 Å². The molecule has 0 aromatic rings. The first-order chi connectivity index (χ1) is 10.6.